The lowest BCUT2D eigenvalue weighted by molar-refractivity contribution is 0.194. The molecule has 6 nitrogen and oxygen atoms in total. The van der Waals surface area contributed by atoms with Gasteiger partial charge < -0.3 is 10.2 Å². The van der Waals surface area contributed by atoms with E-state index in [9.17, 15) is 13.2 Å². The van der Waals surface area contributed by atoms with Crippen molar-refractivity contribution in [2.24, 2.45) is 5.14 Å². The van der Waals surface area contributed by atoms with Gasteiger partial charge in [0.05, 0.1) is 10.9 Å². The molecule has 0 heterocycles. The number of nitrogens with zero attached hydrogens (tertiary/aromatic N) is 1. The van der Waals surface area contributed by atoms with Crippen LogP contribution in [0.4, 0.5) is 4.79 Å². The summed E-state index contributed by atoms with van der Waals surface area (Å²) < 4.78 is 22.4. The number of nitrogens with two attached hydrogens (primary N) is 1. The zero-order chi connectivity index (χ0) is 14.9. The van der Waals surface area contributed by atoms with Crippen LogP contribution in [-0.4, -0.2) is 32.4 Å². The van der Waals surface area contributed by atoms with Crippen molar-refractivity contribution in [2.45, 2.75) is 36.7 Å². The molecule has 20 heavy (non-hydrogen) atoms. The molecule has 0 saturated heterocycles. The van der Waals surface area contributed by atoms with Gasteiger partial charge in [-0.05, 0) is 37.5 Å². The van der Waals surface area contributed by atoms with Crippen LogP contribution in [0, 0.1) is 0 Å². The fourth-order valence-corrected chi connectivity index (χ4v) is 2.36. The third kappa shape index (κ3) is 3.49. The zero-order valence-electron chi connectivity index (χ0n) is 11.5. The van der Waals surface area contributed by atoms with E-state index in [1.807, 2.05) is 6.92 Å². The van der Waals surface area contributed by atoms with E-state index in [2.05, 4.69) is 5.32 Å². The number of urea groups is 1. The fourth-order valence-electron chi connectivity index (χ4n) is 1.84. The van der Waals surface area contributed by atoms with Crippen LogP contribution in [0.1, 0.15) is 31.4 Å². The third-order valence-corrected chi connectivity index (χ3v) is 4.43. The molecule has 2 rings (SSSR count). The summed E-state index contributed by atoms with van der Waals surface area (Å²) in [4.78, 5) is 13.6. The maximum Gasteiger partial charge on any atom is 0.317 e. The van der Waals surface area contributed by atoms with Crippen molar-refractivity contribution in [1.82, 2.24) is 10.2 Å². The highest BCUT2D eigenvalue weighted by molar-refractivity contribution is 7.89. The average molecular weight is 297 g/mol. The summed E-state index contributed by atoms with van der Waals surface area (Å²) in [6.07, 6.45) is 2.08. The molecule has 0 radical (unpaired) electrons. The van der Waals surface area contributed by atoms with Crippen molar-refractivity contribution in [2.75, 3.05) is 7.05 Å². The molecule has 2 amide bonds. The van der Waals surface area contributed by atoms with Crippen molar-refractivity contribution in [3.63, 3.8) is 0 Å². The van der Waals surface area contributed by atoms with Gasteiger partial charge in [-0.15, -0.1) is 0 Å². The first-order valence-corrected chi connectivity index (χ1v) is 8.00. The van der Waals surface area contributed by atoms with Gasteiger partial charge in [-0.1, -0.05) is 12.1 Å². The van der Waals surface area contributed by atoms with Gasteiger partial charge in [-0.3, -0.25) is 0 Å². The number of nitrogens with one attached hydrogen (secondary N) is 1. The van der Waals surface area contributed by atoms with Gasteiger partial charge in [0.1, 0.15) is 0 Å². The normalized spacial score (nSPS) is 16.6. The number of amides is 2. The Bertz CT molecular complexity index is 594. The summed E-state index contributed by atoms with van der Waals surface area (Å²) >= 11 is 0. The fraction of sp³-hybridized carbons (Fsp3) is 0.462. The van der Waals surface area contributed by atoms with Crippen LogP contribution in [0.15, 0.2) is 29.2 Å². The van der Waals surface area contributed by atoms with E-state index in [4.69, 9.17) is 5.14 Å². The molecule has 1 aliphatic rings. The summed E-state index contributed by atoms with van der Waals surface area (Å²) in [6, 6.07) is 6.29. The van der Waals surface area contributed by atoms with Crippen LogP contribution in [0.2, 0.25) is 0 Å². The van der Waals surface area contributed by atoms with Crippen LogP contribution < -0.4 is 10.5 Å². The molecule has 1 atom stereocenters. The van der Waals surface area contributed by atoms with Crippen LogP contribution in [0.5, 0.6) is 0 Å². The lowest BCUT2D eigenvalue weighted by Gasteiger charge is -2.25. The van der Waals surface area contributed by atoms with Crippen molar-refractivity contribution in [3.8, 4) is 0 Å². The number of rotatable bonds is 4. The van der Waals surface area contributed by atoms with E-state index < -0.39 is 10.0 Å². The van der Waals surface area contributed by atoms with E-state index in [1.165, 1.54) is 12.1 Å². The standard InChI is InChI=1S/C13H19N3O3S/c1-9(16(2)13(17)15-11-5-6-11)10-3-7-12(8-4-10)20(14,18)19/h3-4,7-9,11H,5-6H2,1-2H3,(H,15,17)(H2,14,18,19)/t9-/m1/s1. The molecule has 1 aromatic carbocycles. The maximum absolute atomic E-state index is 11.9. The molecule has 7 heteroatoms. The van der Waals surface area contributed by atoms with E-state index in [-0.39, 0.29) is 17.0 Å². The van der Waals surface area contributed by atoms with Crippen molar-refractivity contribution < 1.29 is 13.2 Å². The number of hydrogen-bond donors (Lipinski definition) is 2. The van der Waals surface area contributed by atoms with E-state index in [0.717, 1.165) is 18.4 Å². The van der Waals surface area contributed by atoms with Crippen LogP contribution in [0.25, 0.3) is 0 Å². The summed E-state index contributed by atoms with van der Waals surface area (Å²) in [6.45, 7) is 1.89. The molecule has 110 valence electrons. The van der Waals surface area contributed by atoms with Crippen LogP contribution in [0.3, 0.4) is 0 Å². The van der Waals surface area contributed by atoms with Crippen molar-refractivity contribution in [1.29, 1.82) is 0 Å². The predicted octanol–water partition coefficient (Wildman–Crippen LogP) is 1.20. The molecular formula is C13H19N3O3S. The Kier molecular flexibility index (Phi) is 4.01. The van der Waals surface area contributed by atoms with E-state index in [1.54, 1.807) is 24.1 Å². The first kappa shape index (κ1) is 14.8. The first-order chi connectivity index (χ1) is 9.29. The molecule has 1 fully saturated rings. The summed E-state index contributed by atoms with van der Waals surface area (Å²) in [5.74, 6) is 0. The average Bonchev–Trinajstić information content (AvgIpc) is 3.20. The van der Waals surface area contributed by atoms with Gasteiger partial charge in [0.2, 0.25) is 10.0 Å². The number of sulfonamides is 1. The van der Waals surface area contributed by atoms with Gasteiger partial charge in [-0.2, -0.15) is 0 Å². The highest BCUT2D eigenvalue weighted by Gasteiger charge is 2.26. The molecule has 0 spiro atoms. The lowest BCUT2D eigenvalue weighted by Crippen LogP contribution is -2.39. The minimum Gasteiger partial charge on any atom is -0.335 e. The molecule has 1 aromatic rings. The minimum absolute atomic E-state index is 0.0681. The lowest BCUT2D eigenvalue weighted by atomic mass is 10.1. The van der Waals surface area contributed by atoms with Gasteiger partial charge in [0.15, 0.2) is 0 Å². The van der Waals surface area contributed by atoms with E-state index in [0.29, 0.717) is 6.04 Å². The molecule has 0 unspecified atom stereocenters. The second kappa shape index (κ2) is 5.41. The first-order valence-electron chi connectivity index (χ1n) is 6.45. The SMILES string of the molecule is C[C@H](c1ccc(S(N)(=O)=O)cc1)N(C)C(=O)NC1CC1. The molecule has 0 bridgehead atoms. The number of hydrogen-bond acceptors (Lipinski definition) is 3. The largest absolute Gasteiger partial charge is 0.335 e. The highest BCUT2D eigenvalue weighted by atomic mass is 32.2. The predicted molar refractivity (Wildman–Crippen MR) is 75.5 cm³/mol. The van der Waals surface area contributed by atoms with Gasteiger partial charge in [-0.25, -0.2) is 18.4 Å². The Morgan fingerprint density at radius 2 is 1.90 bits per heavy atom. The summed E-state index contributed by atoms with van der Waals surface area (Å²) in [7, 11) is -1.96. The molecule has 1 aliphatic carbocycles. The molecule has 0 aliphatic heterocycles. The Morgan fingerprint density at radius 1 is 1.35 bits per heavy atom. The molecule has 1 saturated carbocycles. The third-order valence-electron chi connectivity index (χ3n) is 3.50. The summed E-state index contributed by atoms with van der Waals surface area (Å²) in [5, 5.41) is 7.96. The summed E-state index contributed by atoms with van der Waals surface area (Å²) in [5.41, 5.74) is 0.853. The smallest absolute Gasteiger partial charge is 0.317 e. The van der Waals surface area contributed by atoms with Gasteiger partial charge >= 0.3 is 6.03 Å². The van der Waals surface area contributed by atoms with Crippen LogP contribution >= 0.6 is 0 Å². The Morgan fingerprint density at radius 3 is 2.35 bits per heavy atom. The van der Waals surface area contributed by atoms with Crippen molar-refractivity contribution in [3.05, 3.63) is 29.8 Å². The Labute approximate surface area is 119 Å². The van der Waals surface area contributed by atoms with Gasteiger partial charge in [0, 0.05) is 13.1 Å². The number of benzene rings is 1. The zero-order valence-corrected chi connectivity index (χ0v) is 12.4. The second-order valence-corrected chi connectivity index (χ2v) is 6.69. The quantitative estimate of drug-likeness (QED) is 0.874. The molecule has 3 N–H and O–H groups in total. The Hall–Kier alpha value is -1.60. The molecule has 0 aromatic heterocycles. The molecular weight excluding hydrogens is 278 g/mol. The number of carbonyl (C=O) groups is 1. The number of carbonyl (C=O) groups excluding carboxylic acids is 1. The minimum atomic E-state index is -3.68. The highest BCUT2D eigenvalue weighted by Crippen LogP contribution is 2.23. The second-order valence-electron chi connectivity index (χ2n) is 5.12. The monoisotopic (exact) mass is 297 g/mol. The van der Waals surface area contributed by atoms with Crippen molar-refractivity contribution >= 4 is 16.1 Å². The van der Waals surface area contributed by atoms with Crippen LogP contribution in [-0.2, 0) is 10.0 Å². The topological polar surface area (TPSA) is 92.5 Å². The van der Waals surface area contributed by atoms with Gasteiger partial charge in [0.25, 0.3) is 0 Å². The number of primary sulfonamides is 1. The van der Waals surface area contributed by atoms with E-state index >= 15 is 0 Å². The Balaban J connectivity index is 2.07. The maximum atomic E-state index is 11.9.